The molecule has 0 bridgehead atoms. The summed E-state index contributed by atoms with van der Waals surface area (Å²) < 4.78 is 6.07. The number of nitrogens with zero attached hydrogens (tertiary/aromatic N) is 2. The molecule has 0 aromatic heterocycles. The van der Waals surface area contributed by atoms with Crippen molar-refractivity contribution in [3.8, 4) is 11.5 Å². The van der Waals surface area contributed by atoms with Gasteiger partial charge in [0.15, 0.2) is 17.1 Å². The van der Waals surface area contributed by atoms with Crippen molar-refractivity contribution in [2.24, 2.45) is 17.6 Å². The SMILES string of the molecule is CN(C)c1cc(NC(=O)Oc2ccc(Br)cc2)c(O)c2c1C[C@H]1C[C@H]3[C@H](N(C)C)C(=O)C(C(N)=O)=C(O)[C@@]3(O)C(=O)C1=C2O. The number of halogens is 1. The molecule has 232 valence electrons. The van der Waals surface area contributed by atoms with Crippen LogP contribution in [0.2, 0.25) is 0 Å². The van der Waals surface area contributed by atoms with Crippen molar-refractivity contribution < 1.29 is 44.3 Å². The number of phenols is 1. The van der Waals surface area contributed by atoms with Crippen LogP contribution in [-0.2, 0) is 20.8 Å². The number of ether oxygens (including phenoxy) is 1. The van der Waals surface area contributed by atoms with Crippen LogP contribution >= 0.6 is 15.9 Å². The van der Waals surface area contributed by atoms with E-state index in [9.17, 15) is 39.6 Å². The predicted molar refractivity (Wildman–Crippen MR) is 162 cm³/mol. The van der Waals surface area contributed by atoms with Gasteiger partial charge in [-0.3, -0.25) is 24.6 Å². The zero-order chi connectivity index (χ0) is 32.4. The third-order valence-corrected chi connectivity index (χ3v) is 8.97. The molecule has 7 N–H and O–H groups in total. The van der Waals surface area contributed by atoms with Crippen LogP contribution in [0.1, 0.15) is 17.5 Å². The van der Waals surface area contributed by atoms with Gasteiger partial charge in [-0.2, -0.15) is 0 Å². The number of fused-ring (bicyclic) bond motifs is 3. The summed E-state index contributed by atoms with van der Waals surface area (Å²) in [5.41, 5.74) is 2.08. The molecule has 1 saturated carbocycles. The summed E-state index contributed by atoms with van der Waals surface area (Å²) >= 11 is 3.30. The number of nitrogens with one attached hydrogen (secondary N) is 1. The summed E-state index contributed by atoms with van der Waals surface area (Å²) in [7, 11) is 6.50. The summed E-state index contributed by atoms with van der Waals surface area (Å²) in [4.78, 5) is 55.4. The molecule has 14 heteroatoms. The van der Waals surface area contributed by atoms with E-state index in [1.807, 2.05) is 0 Å². The molecule has 44 heavy (non-hydrogen) atoms. The second-order valence-electron chi connectivity index (χ2n) is 11.5. The summed E-state index contributed by atoms with van der Waals surface area (Å²) in [5.74, 6) is -7.37. The molecule has 3 aliphatic rings. The third-order valence-electron chi connectivity index (χ3n) is 8.44. The molecule has 1 fully saturated rings. The first-order valence-electron chi connectivity index (χ1n) is 13.5. The number of hydrogen-bond acceptors (Lipinski definition) is 11. The van der Waals surface area contributed by atoms with Crippen LogP contribution in [0.25, 0.3) is 5.76 Å². The van der Waals surface area contributed by atoms with Crippen LogP contribution in [0.15, 0.2) is 51.7 Å². The molecule has 0 spiro atoms. The highest BCUT2D eigenvalue weighted by Crippen LogP contribution is 2.54. The topological polar surface area (TPSA) is 203 Å². The number of primary amides is 1. The minimum absolute atomic E-state index is 0.0427. The highest BCUT2D eigenvalue weighted by Gasteiger charge is 2.64. The standard InChI is InChI=1S/C30H31BrN4O9/c1-34(2)18-11-17(33-29(42)44-14-7-5-13(31)6-8-14)23(36)20-15(18)9-12-10-16-22(35(3)4)25(38)21(28(32)41)27(40)30(16,43)26(39)19(12)24(20)37/h5-8,11-12,16,22,36-37,40,43H,9-10H2,1-4H3,(H2,32,41)(H,33,42)/t12-,16-,22-,30-/m0/s1. The van der Waals surface area contributed by atoms with E-state index in [1.165, 1.54) is 25.1 Å². The Morgan fingerprint density at radius 1 is 1.09 bits per heavy atom. The summed E-state index contributed by atoms with van der Waals surface area (Å²) in [6.07, 6.45) is -0.882. The van der Waals surface area contributed by atoms with Crippen LogP contribution in [0.5, 0.6) is 11.5 Å². The van der Waals surface area contributed by atoms with Crippen LogP contribution in [-0.4, -0.2) is 88.7 Å². The molecule has 0 saturated heterocycles. The van der Waals surface area contributed by atoms with Gasteiger partial charge in [-0.25, -0.2) is 4.79 Å². The molecule has 0 radical (unpaired) electrons. The average molecular weight is 672 g/mol. The van der Waals surface area contributed by atoms with Gasteiger partial charge in [0.25, 0.3) is 5.91 Å². The van der Waals surface area contributed by atoms with Crippen LogP contribution < -0.4 is 20.7 Å². The first-order chi connectivity index (χ1) is 20.6. The fraction of sp³-hybridized carbons (Fsp3) is 0.333. The number of aromatic hydroxyl groups is 1. The normalized spacial score (nSPS) is 24.5. The number of benzene rings is 2. The Balaban J connectivity index is 1.63. The predicted octanol–water partition coefficient (Wildman–Crippen LogP) is 2.40. The lowest BCUT2D eigenvalue weighted by Crippen LogP contribution is -2.65. The summed E-state index contributed by atoms with van der Waals surface area (Å²) in [6, 6.07) is 6.77. The molecule has 0 unspecified atom stereocenters. The molecule has 0 heterocycles. The van der Waals surface area contributed by atoms with Gasteiger partial charge in [-0.15, -0.1) is 0 Å². The lowest BCUT2D eigenvalue weighted by molar-refractivity contribution is -0.153. The molecule has 13 nitrogen and oxygen atoms in total. The Kier molecular flexibility index (Phi) is 7.72. The maximum absolute atomic E-state index is 14.1. The van der Waals surface area contributed by atoms with E-state index in [1.54, 1.807) is 43.3 Å². The molecule has 2 aromatic carbocycles. The second kappa shape index (κ2) is 10.9. The maximum atomic E-state index is 14.1. The molecule has 5 rings (SSSR count). The number of nitrogens with two attached hydrogens (primary N) is 1. The number of aliphatic hydroxyl groups excluding tert-OH is 2. The van der Waals surface area contributed by atoms with Gasteiger partial charge in [0.1, 0.15) is 22.8 Å². The monoisotopic (exact) mass is 670 g/mol. The number of phenolic OH excluding ortho intramolecular Hbond substituents is 1. The molecule has 2 aromatic rings. The second-order valence-corrected chi connectivity index (χ2v) is 12.4. The molecule has 3 aliphatic carbocycles. The Bertz CT molecular complexity index is 1680. The van der Waals surface area contributed by atoms with Gasteiger partial charge in [0, 0.05) is 35.7 Å². The maximum Gasteiger partial charge on any atom is 0.417 e. The number of aliphatic hydroxyl groups is 3. The van der Waals surface area contributed by atoms with Crippen LogP contribution in [0, 0.1) is 11.8 Å². The fourth-order valence-electron chi connectivity index (χ4n) is 6.53. The zero-order valence-corrected chi connectivity index (χ0v) is 25.8. The lowest BCUT2D eigenvalue weighted by Gasteiger charge is -2.50. The quantitative estimate of drug-likeness (QED) is 0.201. The first kappa shape index (κ1) is 31.0. The van der Waals surface area contributed by atoms with Gasteiger partial charge in [-0.05, 0) is 68.8 Å². The van der Waals surface area contributed by atoms with E-state index in [4.69, 9.17) is 10.5 Å². The van der Waals surface area contributed by atoms with Gasteiger partial charge in [-0.1, -0.05) is 15.9 Å². The number of amides is 2. The number of carbonyl (C=O) groups excluding carboxylic acids is 4. The van der Waals surface area contributed by atoms with E-state index in [0.29, 0.717) is 11.3 Å². The molecule has 4 atom stereocenters. The third kappa shape index (κ3) is 4.69. The lowest BCUT2D eigenvalue weighted by atomic mass is 9.57. The Morgan fingerprint density at radius 2 is 1.73 bits per heavy atom. The minimum atomic E-state index is -2.76. The van der Waals surface area contributed by atoms with Crippen LogP contribution in [0.3, 0.4) is 0 Å². The number of Topliss-reactive ketones (excluding diaryl/α,β-unsaturated/α-hetero) is 2. The number of likely N-dealkylation sites (N-methyl/N-ethyl adjacent to an activating group) is 1. The molecular weight excluding hydrogens is 640 g/mol. The van der Waals surface area contributed by atoms with E-state index in [-0.39, 0.29) is 35.4 Å². The Hall–Kier alpha value is -4.40. The molecular formula is C30H31BrN4O9. The van der Waals surface area contributed by atoms with Crippen molar-refractivity contribution in [1.29, 1.82) is 0 Å². The Labute approximate surface area is 260 Å². The van der Waals surface area contributed by atoms with E-state index in [0.717, 1.165) is 4.47 Å². The van der Waals surface area contributed by atoms with E-state index >= 15 is 0 Å². The van der Waals surface area contributed by atoms with Gasteiger partial charge in [0.05, 0.1) is 17.3 Å². The number of anilines is 2. The van der Waals surface area contributed by atoms with Crippen molar-refractivity contribution in [2.45, 2.75) is 24.5 Å². The van der Waals surface area contributed by atoms with Crippen molar-refractivity contribution in [3.05, 3.63) is 62.8 Å². The van der Waals surface area contributed by atoms with Gasteiger partial charge < -0.3 is 35.8 Å². The Morgan fingerprint density at radius 3 is 2.30 bits per heavy atom. The van der Waals surface area contributed by atoms with Crippen molar-refractivity contribution >= 4 is 56.6 Å². The first-order valence-corrected chi connectivity index (χ1v) is 14.3. The van der Waals surface area contributed by atoms with Gasteiger partial charge in [0.2, 0.25) is 5.78 Å². The molecule has 0 aliphatic heterocycles. The highest BCUT2D eigenvalue weighted by molar-refractivity contribution is 9.10. The average Bonchev–Trinajstić information content (AvgIpc) is 2.93. The number of carbonyl (C=O) groups is 4. The largest absolute Gasteiger partial charge is 0.508 e. The zero-order valence-electron chi connectivity index (χ0n) is 24.2. The minimum Gasteiger partial charge on any atom is -0.508 e. The molecule has 2 amide bonds. The van der Waals surface area contributed by atoms with Crippen molar-refractivity contribution in [2.75, 3.05) is 38.4 Å². The number of rotatable bonds is 5. The van der Waals surface area contributed by atoms with Crippen LogP contribution in [0.4, 0.5) is 16.2 Å². The summed E-state index contributed by atoms with van der Waals surface area (Å²) in [5, 5.41) is 48.2. The number of hydrogen-bond donors (Lipinski definition) is 6. The van der Waals surface area contributed by atoms with Crippen molar-refractivity contribution in [3.63, 3.8) is 0 Å². The number of ketones is 2. The summed E-state index contributed by atoms with van der Waals surface area (Å²) in [6.45, 7) is 0. The smallest absolute Gasteiger partial charge is 0.417 e. The van der Waals surface area contributed by atoms with E-state index < -0.39 is 69.9 Å². The van der Waals surface area contributed by atoms with Gasteiger partial charge >= 0.3 is 6.09 Å². The van der Waals surface area contributed by atoms with E-state index in [2.05, 4.69) is 21.2 Å². The fourth-order valence-corrected chi connectivity index (χ4v) is 6.80. The highest BCUT2D eigenvalue weighted by atomic mass is 79.9. The van der Waals surface area contributed by atoms with Crippen molar-refractivity contribution in [1.82, 2.24) is 4.90 Å².